The molecular formula is C31H33Cl4N5O6. The molecule has 0 aliphatic heterocycles. The van der Waals surface area contributed by atoms with Gasteiger partial charge in [-0.3, -0.25) is 15.0 Å². The van der Waals surface area contributed by atoms with Crippen LogP contribution in [0.4, 0.5) is 5.69 Å². The number of benzene rings is 2. The number of nitrogen functional groups attached to an aromatic ring is 1. The molecular weight excluding hydrogens is 680 g/mol. The molecule has 6 N–H and O–H groups in total. The number of hydrogen-bond donors (Lipinski definition) is 5. The van der Waals surface area contributed by atoms with E-state index in [9.17, 15) is 19.5 Å². The third-order valence-electron chi connectivity index (χ3n) is 6.47. The molecule has 2 aromatic carbocycles. The number of amidine groups is 1. The maximum absolute atomic E-state index is 13.6. The van der Waals surface area contributed by atoms with Crippen LogP contribution < -0.4 is 21.1 Å². The fourth-order valence-electron chi connectivity index (χ4n) is 4.09. The highest BCUT2D eigenvalue weighted by Crippen LogP contribution is 2.35. The number of aliphatic hydroxyl groups excluding tert-OH is 1. The zero-order valence-electron chi connectivity index (χ0n) is 24.6. The lowest BCUT2D eigenvalue weighted by Crippen LogP contribution is -2.27. The Bertz CT molecular complexity index is 1560. The minimum atomic E-state index is -0.871. The normalized spacial score (nSPS) is 11.7. The van der Waals surface area contributed by atoms with Crippen molar-refractivity contribution in [1.82, 2.24) is 10.3 Å². The highest BCUT2D eigenvalue weighted by atomic mass is 35.6. The molecule has 0 unspecified atom stereocenters. The Morgan fingerprint density at radius 2 is 1.76 bits per heavy atom. The maximum atomic E-state index is 13.6. The second kappa shape index (κ2) is 18.3. The average molecular weight is 713 g/mol. The van der Waals surface area contributed by atoms with E-state index >= 15 is 0 Å². The number of alkyl halides is 3. The van der Waals surface area contributed by atoms with Crippen molar-refractivity contribution >= 4 is 82.6 Å². The molecule has 46 heavy (non-hydrogen) atoms. The Morgan fingerprint density at radius 3 is 2.30 bits per heavy atom. The van der Waals surface area contributed by atoms with Gasteiger partial charge < -0.3 is 30.9 Å². The van der Waals surface area contributed by atoms with Crippen molar-refractivity contribution in [2.75, 3.05) is 32.2 Å². The van der Waals surface area contributed by atoms with Gasteiger partial charge in [0.05, 0.1) is 13.7 Å². The highest BCUT2D eigenvalue weighted by Gasteiger charge is 2.26. The lowest BCUT2D eigenvalue weighted by molar-refractivity contribution is 0.0427. The quantitative estimate of drug-likeness (QED) is 0.0694. The predicted octanol–water partition coefficient (Wildman–Crippen LogP) is 5.63. The number of rotatable bonds is 12. The number of ether oxygens (including phenoxy) is 2. The molecule has 1 fully saturated rings. The summed E-state index contributed by atoms with van der Waals surface area (Å²) in [7, 11) is 1.46. The number of aromatic nitrogens is 1. The number of methoxy groups -OCH3 is 1. The Labute approximate surface area is 287 Å². The first-order valence-corrected chi connectivity index (χ1v) is 14.9. The van der Waals surface area contributed by atoms with Gasteiger partial charge in [0.1, 0.15) is 23.9 Å². The van der Waals surface area contributed by atoms with Gasteiger partial charge in [-0.25, -0.2) is 9.78 Å². The van der Waals surface area contributed by atoms with Crippen LogP contribution in [0.5, 0.6) is 5.75 Å². The van der Waals surface area contributed by atoms with Gasteiger partial charge >= 0.3 is 5.97 Å². The highest BCUT2D eigenvalue weighted by molar-refractivity contribution is 6.63. The minimum absolute atomic E-state index is 0. The summed E-state index contributed by atoms with van der Waals surface area (Å²) in [5, 5.41) is 22.4. The molecule has 1 aliphatic carbocycles. The number of nitrogens with one attached hydrogen (secondary N) is 3. The van der Waals surface area contributed by atoms with Crippen LogP contribution >= 0.6 is 47.2 Å². The first kappa shape index (κ1) is 38.3. The topological polar surface area (TPSA) is 177 Å². The van der Waals surface area contributed by atoms with E-state index in [4.69, 9.17) is 55.4 Å². The monoisotopic (exact) mass is 711 g/mol. The van der Waals surface area contributed by atoms with E-state index in [1.165, 1.54) is 25.3 Å². The van der Waals surface area contributed by atoms with Crippen molar-refractivity contribution in [3.63, 3.8) is 0 Å². The summed E-state index contributed by atoms with van der Waals surface area (Å²) in [6.45, 7) is 3.64. The second-order valence-corrected chi connectivity index (χ2v) is 11.6. The first-order valence-electron chi connectivity index (χ1n) is 13.6. The van der Waals surface area contributed by atoms with Crippen LogP contribution in [0, 0.1) is 11.3 Å². The summed E-state index contributed by atoms with van der Waals surface area (Å²) in [6.07, 6.45) is 3.64. The van der Waals surface area contributed by atoms with E-state index in [2.05, 4.69) is 22.2 Å². The first-order chi connectivity index (χ1) is 21.5. The average Bonchev–Trinajstić information content (AvgIpc) is 3.86. The molecule has 0 spiro atoms. The van der Waals surface area contributed by atoms with Gasteiger partial charge in [-0.1, -0.05) is 47.5 Å². The maximum Gasteiger partial charge on any atom is 0.357 e. The second-order valence-electron chi connectivity index (χ2n) is 9.64. The molecule has 1 saturated carbocycles. The van der Waals surface area contributed by atoms with Crippen molar-refractivity contribution in [1.29, 1.82) is 5.41 Å². The van der Waals surface area contributed by atoms with E-state index in [1.54, 1.807) is 36.4 Å². The Kier molecular flexibility index (Phi) is 15.3. The number of carbonyl (C=O) groups is 3. The number of anilines is 1. The van der Waals surface area contributed by atoms with Crippen LogP contribution in [0.3, 0.4) is 0 Å². The largest absolute Gasteiger partial charge is 0.496 e. The molecule has 0 atom stereocenters. The van der Waals surface area contributed by atoms with Crippen LogP contribution in [-0.4, -0.2) is 64.9 Å². The number of pyridine rings is 1. The number of esters is 1. The molecule has 3 aromatic rings. The molecule has 11 nitrogen and oxygen atoms in total. The number of aliphatic hydroxyl groups is 1. The van der Waals surface area contributed by atoms with Gasteiger partial charge in [0.15, 0.2) is 9.99 Å². The van der Waals surface area contributed by atoms with Crippen molar-refractivity contribution < 1.29 is 29.0 Å². The summed E-state index contributed by atoms with van der Waals surface area (Å²) in [4.78, 5) is 43.7. The van der Waals surface area contributed by atoms with Crippen LogP contribution in [0.2, 0.25) is 0 Å². The Balaban J connectivity index is 0.00000139. The summed E-state index contributed by atoms with van der Waals surface area (Å²) < 4.78 is 9.91. The van der Waals surface area contributed by atoms with Crippen molar-refractivity contribution in [2.45, 2.75) is 17.1 Å². The van der Waals surface area contributed by atoms with E-state index in [-0.39, 0.29) is 47.4 Å². The lowest BCUT2D eigenvalue weighted by Gasteiger charge is -2.17. The Hall–Kier alpha value is -3.87. The van der Waals surface area contributed by atoms with Crippen molar-refractivity contribution in [3.8, 4) is 16.9 Å². The van der Waals surface area contributed by atoms with Gasteiger partial charge in [0.2, 0.25) is 0 Å². The zero-order chi connectivity index (χ0) is 33.1. The Morgan fingerprint density at radius 1 is 1.11 bits per heavy atom. The van der Waals surface area contributed by atoms with Gasteiger partial charge in [0, 0.05) is 40.0 Å². The molecule has 4 rings (SSSR count). The minimum Gasteiger partial charge on any atom is -0.496 e. The van der Waals surface area contributed by atoms with E-state index in [0.717, 1.165) is 12.8 Å². The molecule has 1 aliphatic rings. The van der Waals surface area contributed by atoms with Crippen LogP contribution in [0.25, 0.3) is 17.2 Å². The van der Waals surface area contributed by atoms with Gasteiger partial charge in [-0.2, -0.15) is 0 Å². The molecule has 1 heterocycles. The lowest BCUT2D eigenvalue weighted by atomic mass is 9.94. The molecule has 15 heteroatoms. The SMILES string of the molecule is C=Cc1cc(C(=O)Nc2ccc(C(=N)N)cc2)c(-c2ccc(C(=O)NCC3CC3)nc2C(=O)OCCO)cc1OC.Cl.ClC(Cl)Cl. The molecule has 1 aromatic heterocycles. The fourth-order valence-corrected chi connectivity index (χ4v) is 4.09. The molecule has 0 bridgehead atoms. The fraction of sp³-hybridized carbons (Fsp3) is 0.258. The standard InChI is InChI=1S/C30H31N5O6.CHCl3.ClH/c1-3-18-14-23(28(37)34-20-8-6-19(7-9-20)27(31)32)22(15-25(18)40-2)21-10-11-24(29(38)33-16-17-4-5-17)35-26(21)30(39)41-13-12-36;2-1(3)4;/h3,6-11,14-15,17,36H,1,4-5,12-13,16H2,2H3,(H3,31,32)(H,33,38)(H,34,37);1H;1H. The van der Waals surface area contributed by atoms with E-state index in [0.29, 0.717) is 40.6 Å². The van der Waals surface area contributed by atoms with Gasteiger partial charge in [-0.05, 0) is 67.3 Å². The number of nitrogens with zero attached hydrogens (tertiary/aromatic N) is 1. The third kappa shape index (κ3) is 10.9. The van der Waals surface area contributed by atoms with Crippen molar-refractivity contribution in [2.24, 2.45) is 11.7 Å². The summed E-state index contributed by atoms with van der Waals surface area (Å²) in [5.41, 5.74) is 7.49. The molecule has 2 amide bonds. The molecule has 0 radical (unpaired) electrons. The van der Waals surface area contributed by atoms with E-state index < -0.39 is 28.7 Å². The van der Waals surface area contributed by atoms with Crippen LogP contribution in [0.15, 0.2) is 55.1 Å². The van der Waals surface area contributed by atoms with Gasteiger partial charge in [-0.15, -0.1) is 12.4 Å². The molecule has 246 valence electrons. The number of amides is 2. The van der Waals surface area contributed by atoms with Crippen LogP contribution in [0.1, 0.15) is 55.3 Å². The van der Waals surface area contributed by atoms with E-state index in [1.807, 2.05) is 0 Å². The number of carbonyl (C=O) groups excluding carboxylic acids is 3. The summed E-state index contributed by atoms with van der Waals surface area (Å²) >= 11 is 14.4. The zero-order valence-corrected chi connectivity index (χ0v) is 27.7. The summed E-state index contributed by atoms with van der Waals surface area (Å²) in [6, 6.07) is 12.6. The number of nitrogens with two attached hydrogens (primary N) is 1. The third-order valence-corrected chi connectivity index (χ3v) is 6.47. The smallest absolute Gasteiger partial charge is 0.357 e. The summed E-state index contributed by atoms with van der Waals surface area (Å²) in [5.74, 6) is -1.09. The number of hydrogen-bond acceptors (Lipinski definition) is 8. The molecule has 0 saturated heterocycles. The van der Waals surface area contributed by atoms with Crippen LogP contribution in [-0.2, 0) is 4.74 Å². The number of halogens is 4. The van der Waals surface area contributed by atoms with Crippen molar-refractivity contribution in [3.05, 3.63) is 83.2 Å². The predicted molar refractivity (Wildman–Crippen MR) is 183 cm³/mol. The van der Waals surface area contributed by atoms with Gasteiger partial charge in [0.25, 0.3) is 11.8 Å².